The minimum absolute atomic E-state index is 0. The van der Waals surface area contributed by atoms with Gasteiger partial charge in [0.1, 0.15) is 6.54 Å². The average Bonchev–Trinajstić information content (AvgIpc) is 2.72. The van der Waals surface area contributed by atoms with Gasteiger partial charge in [-0.05, 0) is 11.6 Å². The van der Waals surface area contributed by atoms with Crippen LogP contribution in [0.1, 0.15) is 12.5 Å². The highest BCUT2D eigenvalue weighted by Crippen LogP contribution is 2.17. The maximum atomic E-state index is 10.6. The van der Waals surface area contributed by atoms with Gasteiger partial charge in [0, 0.05) is 30.4 Å². The normalized spacial score (nSPS) is 11.3. The largest absolute Gasteiger partial charge is 1.00 e. The molecule has 0 aliphatic carbocycles. The number of nitrogens with one attached hydrogen (secondary N) is 2. The third-order valence-corrected chi connectivity index (χ3v) is 2.78. The van der Waals surface area contributed by atoms with E-state index < -0.39 is 5.97 Å². The van der Waals surface area contributed by atoms with Gasteiger partial charge in [-0.15, -0.1) is 0 Å². The van der Waals surface area contributed by atoms with Gasteiger partial charge in [0.25, 0.3) is 5.71 Å². The van der Waals surface area contributed by atoms with E-state index in [-0.39, 0.29) is 18.1 Å². The maximum Gasteiger partial charge on any atom is 0.395 e. The van der Waals surface area contributed by atoms with Crippen LogP contribution in [0, 0.1) is 0 Å². The molecule has 0 radical (unpaired) electrons. The molecule has 0 saturated carbocycles. The van der Waals surface area contributed by atoms with Crippen LogP contribution < -0.4 is 17.4 Å². The van der Waals surface area contributed by atoms with Gasteiger partial charge in [0.15, 0.2) is 0 Å². The number of hydrogen-bond acceptors (Lipinski definition) is 1. The van der Waals surface area contributed by atoms with Gasteiger partial charge in [-0.1, -0.05) is 18.2 Å². The molecular weight excluding hydrogens is 252 g/mol. The van der Waals surface area contributed by atoms with Crippen LogP contribution in [0.4, 0.5) is 0 Å². The predicted molar refractivity (Wildman–Crippen MR) is 66.1 cm³/mol. The number of aromatic nitrogens is 1. The first-order valence-electron chi connectivity index (χ1n) is 5.54. The molecule has 96 valence electrons. The Labute approximate surface area is 111 Å². The van der Waals surface area contributed by atoms with E-state index in [4.69, 9.17) is 5.11 Å². The third-order valence-electron chi connectivity index (χ3n) is 2.78. The van der Waals surface area contributed by atoms with Gasteiger partial charge < -0.3 is 22.5 Å². The molecule has 0 amide bonds. The summed E-state index contributed by atoms with van der Waals surface area (Å²) in [6.45, 7) is 2.19. The summed E-state index contributed by atoms with van der Waals surface area (Å²) in [4.78, 5) is 16.7. The lowest BCUT2D eigenvalue weighted by Gasteiger charge is -1.93. The van der Waals surface area contributed by atoms with Crippen molar-refractivity contribution in [1.29, 1.82) is 0 Å². The van der Waals surface area contributed by atoms with Gasteiger partial charge in [0.05, 0.1) is 0 Å². The summed E-state index contributed by atoms with van der Waals surface area (Å²) in [6.07, 6.45) is 2.77. The van der Waals surface area contributed by atoms with Gasteiger partial charge in [-0.3, -0.25) is 0 Å². The molecule has 1 aromatic carbocycles. The molecule has 0 spiro atoms. The van der Waals surface area contributed by atoms with Crippen molar-refractivity contribution in [1.82, 2.24) is 4.98 Å². The Hall–Kier alpha value is -1.81. The van der Waals surface area contributed by atoms with Crippen LogP contribution in [0.15, 0.2) is 30.5 Å². The monoisotopic (exact) mass is 266 g/mol. The maximum absolute atomic E-state index is 10.6. The smallest absolute Gasteiger partial charge is 0.395 e. The summed E-state index contributed by atoms with van der Waals surface area (Å²) in [5, 5.41) is 9.90. The summed E-state index contributed by atoms with van der Waals surface area (Å²) in [6, 6.07) is 8.08. The number of hydrogen-bond donors (Lipinski definition) is 3. The third kappa shape index (κ3) is 3.11. The summed E-state index contributed by atoms with van der Waals surface area (Å²) in [5.41, 5.74) is 2.59. The van der Waals surface area contributed by atoms with Gasteiger partial charge in [0.2, 0.25) is 0 Å². The van der Waals surface area contributed by atoms with Crippen LogP contribution in [-0.4, -0.2) is 28.3 Å². The number of aromatic amines is 1. The number of benzene rings is 1. The van der Waals surface area contributed by atoms with E-state index in [9.17, 15) is 4.79 Å². The minimum atomic E-state index is -0.899. The Morgan fingerprint density at radius 1 is 1.39 bits per heavy atom. The molecule has 0 atom stereocenters. The Kier molecular flexibility index (Phi) is 4.92. The summed E-state index contributed by atoms with van der Waals surface area (Å²) >= 11 is 0. The second-order valence-electron chi connectivity index (χ2n) is 3.97. The lowest BCUT2D eigenvalue weighted by atomic mass is 10.1. The van der Waals surface area contributed by atoms with Crippen molar-refractivity contribution >= 4 is 22.6 Å². The topological polar surface area (TPSA) is 67.1 Å². The molecule has 0 saturated heterocycles. The fourth-order valence-corrected chi connectivity index (χ4v) is 1.80. The highest BCUT2D eigenvalue weighted by molar-refractivity contribution is 6.31. The van der Waals surface area contributed by atoms with Crippen molar-refractivity contribution in [3.8, 4) is 0 Å². The number of para-hydroxylation sites is 1. The van der Waals surface area contributed by atoms with Gasteiger partial charge in [-0.2, -0.15) is 0 Å². The van der Waals surface area contributed by atoms with Crippen LogP contribution >= 0.6 is 0 Å². The first-order valence-corrected chi connectivity index (χ1v) is 5.54. The summed E-state index contributed by atoms with van der Waals surface area (Å²) in [5.74, 6) is -0.899. The zero-order valence-corrected chi connectivity index (χ0v) is 10.8. The number of fused-ring (bicyclic) bond motifs is 1. The second-order valence-corrected chi connectivity index (χ2v) is 3.97. The van der Waals surface area contributed by atoms with E-state index in [1.54, 1.807) is 6.92 Å². The van der Waals surface area contributed by atoms with Crippen molar-refractivity contribution < 1.29 is 27.3 Å². The lowest BCUT2D eigenvalue weighted by molar-refractivity contribution is -0.456. The number of carboxylic acid groups (broad SMARTS) is 1. The quantitative estimate of drug-likeness (QED) is 0.529. The van der Waals surface area contributed by atoms with E-state index in [1.807, 2.05) is 24.4 Å². The number of H-pyrrole nitrogens is 1. The van der Waals surface area contributed by atoms with Crippen LogP contribution in [0.5, 0.6) is 0 Å². The molecule has 5 heteroatoms. The van der Waals surface area contributed by atoms with Crippen LogP contribution in [-0.2, 0) is 11.2 Å². The Balaban J connectivity index is 0.00000162. The van der Waals surface area contributed by atoms with Crippen molar-refractivity contribution in [2.75, 3.05) is 6.54 Å². The minimum Gasteiger partial charge on any atom is -1.00 e. The molecule has 1 heterocycles. The van der Waals surface area contributed by atoms with E-state index in [0.717, 1.165) is 11.9 Å². The van der Waals surface area contributed by atoms with E-state index in [1.165, 1.54) is 10.9 Å². The first-order chi connectivity index (χ1) is 8.18. The Morgan fingerprint density at radius 3 is 2.83 bits per heavy atom. The second kappa shape index (κ2) is 6.21. The van der Waals surface area contributed by atoms with E-state index in [2.05, 4.69) is 16.0 Å². The highest BCUT2D eigenvalue weighted by atomic mass is 35.5. The average molecular weight is 267 g/mol. The number of rotatable bonds is 4. The number of carbonyl (C=O) groups is 1. The molecule has 18 heavy (non-hydrogen) atoms. The Bertz CT molecular complexity index is 575. The summed E-state index contributed by atoms with van der Waals surface area (Å²) < 4.78 is 0. The molecule has 0 bridgehead atoms. The van der Waals surface area contributed by atoms with Crippen molar-refractivity contribution in [3.05, 3.63) is 36.0 Å². The van der Waals surface area contributed by atoms with Crippen LogP contribution in [0.2, 0.25) is 0 Å². The standard InChI is InChI=1S/C13H14N2O2.ClH/c1-9(13(16)17)14-7-6-10-8-15-12-5-3-2-4-11(10)12;/h2-5,8,15H,6-7H2,1H3,(H,16,17);1H. The number of carboxylic acids is 1. The molecule has 4 nitrogen and oxygen atoms in total. The molecule has 0 unspecified atom stereocenters. The van der Waals surface area contributed by atoms with Crippen LogP contribution in [0.25, 0.3) is 10.9 Å². The number of aliphatic carboxylic acids is 1. The molecule has 0 aliphatic rings. The molecule has 2 aromatic rings. The van der Waals surface area contributed by atoms with Gasteiger partial charge in [-0.25, -0.2) is 9.79 Å². The highest BCUT2D eigenvalue weighted by Gasteiger charge is 2.08. The van der Waals surface area contributed by atoms with Crippen LogP contribution in [0.3, 0.4) is 0 Å². The predicted octanol–water partition coefficient (Wildman–Crippen LogP) is -2.66. The molecular formula is C13H15ClN2O2. The first kappa shape index (κ1) is 14.3. The lowest BCUT2D eigenvalue weighted by Crippen LogP contribution is -3.00. The summed E-state index contributed by atoms with van der Waals surface area (Å²) in [7, 11) is 0. The molecule has 2 rings (SSSR count). The molecule has 0 aliphatic heterocycles. The fourth-order valence-electron chi connectivity index (χ4n) is 1.80. The van der Waals surface area contributed by atoms with E-state index >= 15 is 0 Å². The molecule has 3 N–H and O–H groups in total. The van der Waals surface area contributed by atoms with E-state index in [0.29, 0.717) is 6.54 Å². The van der Waals surface area contributed by atoms with Crippen molar-refractivity contribution in [2.45, 2.75) is 13.3 Å². The van der Waals surface area contributed by atoms with Crippen molar-refractivity contribution in [3.63, 3.8) is 0 Å². The zero-order chi connectivity index (χ0) is 12.3. The number of halogens is 1. The molecule has 1 aromatic heterocycles. The van der Waals surface area contributed by atoms with Crippen molar-refractivity contribution in [2.24, 2.45) is 0 Å². The zero-order valence-electron chi connectivity index (χ0n) is 10.0. The Morgan fingerprint density at radius 2 is 2.11 bits per heavy atom. The molecule has 0 fully saturated rings. The fraction of sp³-hybridized carbons (Fsp3) is 0.231. The van der Waals surface area contributed by atoms with Gasteiger partial charge >= 0.3 is 5.97 Å². The SMILES string of the molecule is CC(=[NH+]CCc1c[nH]c2ccccc12)C(=O)O.[Cl-].